The molecule has 17 heteroatoms. The van der Waals surface area contributed by atoms with Crippen LogP contribution in [0.15, 0.2) is 71.4 Å². The molecule has 0 spiro atoms. The molecule has 0 radical (unpaired) electrons. The SMILES string of the molecule is C=C/C(=C\C)C(=C)ON(C=O)C(CC)C(CCCCC)C(=O)NCNC(=O)c1ccc(-c2ccc(C(=O)NC(CC=O)C(=O)O)c(OCC(=O)O)c2)o1.CO. The number of hydrogen-bond acceptors (Lipinski definition) is 11. The Morgan fingerprint density at radius 3 is 2.27 bits per heavy atom. The Hall–Kier alpha value is -6.23. The predicted molar refractivity (Wildman–Crippen MR) is 199 cm³/mol. The van der Waals surface area contributed by atoms with Gasteiger partial charge in [0.1, 0.15) is 23.8 Å². The van der Waals surface area contributed by atoms with Gasteiger partial charge in [0.25, 0.3) is 11.8 Å². The molecule has 4 amide bonds. The number of rotatable bonds is 25. The van der Waals surface area contributed by atoms with Crippen LogP contribution in [0, 0.1) is 5.92 Å². The number of hydrogen-bond donors (Lipinski definition) is 6. The molecule has 0 fully saturated rings. The molecule has 1 heterocycles. The summed E-state index contributed by atoms with van der Waals surface area (Å²) in [5, 5.41) is 33.9. The molecule has 3 unspecified atom stereocenters. The quantitative estimate of drug-likeness (QED) is 0.0211. The van der Waals surface area contributed by atoms with Crippen LogP contribution in [0.25, 0.3) is 11.3 Å². The van der Waals surface area contributed by atoms with Crippen LogP contribution in [-0.4, -0.2) is 95.2 Å². The van der Waals surface area contributed by atoms with Crippen LogP contribution < -0.4 is 20.7 Å². The molecule has 1 aromatic carbocycles. The molecule has 1 aromatic heterocycles. The van der Waals surface area contributed by atoms with Crippen molar-refractivity contribution in [3.63, 3.8) is 0 Å². The van der Waals surface area contributed by atoms with E-state index in [1.165, 1.54) is 36.4 Å². The maximum absolute atomic E-state index is 13.5. The predicted octanol–water partition coefficient (Wildman–Crippen LogP) is 3.61. The second-order valence-electron chi connectivity index (χ2n) is 11.6. The topological polar surface area (TPSA) is 251 Å². The van der Waals surface area contributed by atoms with Gasteiger partial charge in [-0.3, -0.25) is 19.2 Å². The number of carboxylic acid groups (broad SMARTS) is 2. The van der Waals surface area contributed by atoms with Gasteiger partial charge in [-0.2, -0.15) is 5.06 Å². The zero-order valence-electron chi connectivity index (χ0n) is 31.4. The number of ether oxygens (including phenoxy) is 1. The summed E-state index contributed by atoms with van der Waals surface area (Å²) < 4.78 is 11.0. The largest absolute Gasteiger partial charge is 0.481 e. The lowest BCUT2D eigenvalue weighted by Crippen LogP contribution is -2.48. The summed E-state index contributed by atoms with van der Waals surface area (Å²) in [6, 6.07) is 4.54. The summed E-state index contributed by atoms with van der Waals surface area (Å²) in [7, 11) is 1.00. The van der Waals surface area contributed by atoms with Gasteiger partial charge in [0.2, 0.25) is 12.3 Å². The third-order valence-corrected chi connectivity index (χ3v) is 7.98. The number of carboxylic acids is 2. The number of unbranched alkanes of at least 4 members (excludes halogenated alkanes) is 2. The first-order chi connectivity index (χ1) is 26.3. The minimum absolute atomic E-state index is 0.130. The fraction of sp³-hybridized carbons (Fsp3) is 0.395. The molecule has 0 aliphatic rings. The smallest absolute Gasteiger partial charge is 0.341 e. The van der Waals surface area contributed by atoms with Gasteiger partial charge >= 0.3 is 11.9 Å². The van der Waals surface area contributed by atoms with Gasteiger partial charge in [0.15, 0.2) is 18.1 Å². The summed E-state index contributed by atoms with van der Waals surface area (Å²) in [4.78, 5) is 90.5. The number of furan rings is 1. The first kappa shape index (κ1) is 46.8. The molecule has 6 N–H and O–H groups in total. The Morgan fingerprint density at radius 1 is 1.00 bits per heavy atom. The normalized spacial score (nSPS) is 12.3. The lowest BCUT2D eigenvalue weighted by molar-refractivity contribution is -0.175. The maximum Gasteiger partial charge on any atom is 0.341 e. The van der Waals surface area contributed by atoms with E-state index in [0.29, 0.717) is 37.5 Å². The summed E-state index contributed by atoms with van der Waals surface area (Å²) in [6.07, 6.45) is 6.91. The van der Waals surface area contributed by atoms with Crippen LogP contribution in [0.2, 0.25) is 0 Å². The molecule has 55 heavy (non-hydrogen) atoms. The van der Waals surface area contributed by atoms with Gasteiger partial charge in [0.05, 0.1) is 24.2 Å². The highest BCUT2D eigenvalue weighted by molar-refractivity contribution is 6.00. The number of aliphatic carboxylic acids is 2. The van der Waals surface area contributed by atoms with Crippen molar-refractivity contribution in [2.24, 2.45) is 5.92 Å². The summed E-state index contributed by atoms with van der Waals surface area (Å²) in [5.41, 5.74) is 0.645. The van der Waals surface area contributed by atoms with Gasteiger partial charge in [-0.25, -0.2) is 9.59 Å². The van der Waals surface area contributed by atoms with Gasteiger partial charge < -0.3 is 50.1 Å². The Bertz CT molecular complexity index is 1680. The van der Waals surface area contributed by atoms with Crippen LogP contribution in [0.3, 0.4) is 0 Å². The van der Waals surface area contributed by atoms with Crippen LogP contribution >= 0.6 is 0 Å². The fourth-order valence-corrected chi connectivity index (χ4v) is 5.21. The second kappa shape index (κ2) is 24.9. The van der Waals surface area contributed by atoms with Crippen LogP contribution in [0.4, 0.5) is 0 Å². The average molecular weight is 771 g/mol. The van der Waals surface area contributed by atoms with Gasteiger partial charge in [-0.1, -0.05) is 64.5 Å². The van der Waals surface area contributed by atoms with Crippen molar-refractivity contribution in [1.82, 2.24) is 21.0 Å². The summed E-state index contributed by atoms with van der Waals surface area (Å²) >= 11 is 0. The maximum atomic E-state index is 13.5. The molecule has 0 saturated heterocycles. The number of carbonyl (C=O) groups is 7. The monoisotopic (exact) mass is 770 g/mol. The number of aldehydes is 1. The first-order valence-electron chi connectivity index (χ1n) is 17.3. The highest BCUT2D eigenvalue weighted by Crippen LogP contribution is 2.29. The molecular formula is C38H50N4O13. The van der Waals surface area contributed by atoms with Crippen molar-refractivity contribution in [3.05, 3.63) is 78.3 Å². The third kappa shape index (κ3) is 14.6. The molecule has 0 bridgehead atoms. The third-order valence-electron chi connectivity index (χ3n) is 7.98. The molecule has 0 aliphatic heterocycles. The lowest BCUT2D eigenvalue weighted by atomic mass is 9.90. The number of carbonyl (C=O) groups excluding carboxylic acids is 5. The lowest BCUT2D eigenvalue weighted by Gasteiger charge is -2.33. The number of aliphatic hydroxyl groups excluding tert-OH is 1. The highest BCUT2D eigenvalue weighted by atomic mass is 16.7. The van der Waals surface area contributed by atoms with Crippen molar-refractivity contribution in [2.45, 2.75) is 71.4 Å². The minimum atomic E-state index is -1.53. The Balaban J connectivity index is 0.00000743. The summed E-state index contributed by atoms with van der Waals surface area (Å²) in [6.45, 7) is 12.1. The Labute approximate surface area is 319 Å². The zero-order valence-corrected chi connectivity index (χ0v) is 31.4. The van der Waals surface area contributed by atoms with E-state index < -0.39 is 60.7 Å². The number of hydroxylamine groups is 2. The molecule has 300 valence electrons. The van der Waals surface area contributed by atoms with E-state index in [9.17, 15) is 38.7 Å². The van der Waals surface area contributed by atoms with Crippen molar-refractivity contribution in [3.8, 4) is 17.1 Å². The van der Waals surface area contributed by atoms with E-state index >= 15 is 0 Å². The Morgan fingerprint density at radius 2 is 1.71 bits per heavy atom. The van der Waals surface area contributed by atoms with E-state index in [2.05, 4.69) is 29.1 Å². The van der Waals surface area contributed by atoms with Crippen molar-refractivity contribution >= 4 is 42.4 Å². The van der Waals surface area contributed by atoms with Crippen molar-refractivity contribution < 1.29 is 62.9 Å². The van der Waals surface area contributed by atoms with Gasteiger partial charge in [-0.15, -0.1) is 0 Å². The molecule has 0 aliphatic carbocycles. The van der Waals surface area contributed by atoms with Crippen molar-refractivity contribution in [1.29, 1.82) is 0 Å². The molecule has 17 nitrogen and oxygen atoms in total. The first-order valence-corrected chi connectivity index (χ1v) is 17.3. The fourth-order valence-electron chi connectivity index (χ4n) is 5.21. The highest BCUT2D eigenvalue weighted by Gasteiger charge is 2.33. The van der Waals surface area contributed by atoms with E-state index in [4.69, 9.17) is 24.2 Å². The van der Waals surface area contributed by atoms with Gasteiger partial charge in [-0.05, 0) is 44.0 Å². The van der Waals surface area contributed by atoms with Gasteiger partial charge in [0, 0.05) is 24.7 Å². The van der Waals surface area contributed by atoms with Crippen LogP contribution in [0.5, 0.6) is 5.75 Å². The molecule has 0 saturated carbocycles. The Kier molecular flexibility index (Phi) is 21.2. The number of allylic oxidation sites excluding steroid dienone is 2. The molecular weight excluding hydrogens is 720 g/mol. The molecule has 2 aromatic rings. The molecule has 2 rings (SSSR count). The summed E-state index contributed by atoms with van der Waals surface area (Å²) in [5.74, 6) is -5.56. The number of benzene rings is 1. The van der Waals surface area contributed by atoms with E-state index in [1.54, 1.807) is 13.0 Å². The number of nitrogens with zero attached hydrogens (tertiary/aromatic N) is 1. The van der Waals surface area contributed by atoms with Crippen molar-refractivity contribution in [2.75, 3.05) is 20.4 Å². The van der Waals surface area contributed by atoms with E-state index in [0.717, 1.165) is 25.0 Å². The second-order valence-corrected chi connectivity index (χ2v) is 11.6. The van der Waals surface area contributed by atoms with E-state index in [-0.39, 0.29) is 40.8 Å². The standard InChI is InChI=1S/C37H46N4O12.CH4O/c1-6-10-11-12-26(29(9-4)41(22-43)53-23(5)24(7-2)8-3)34(46)38-21-39-36(48)31-16-15-30(52-31)25-13-14-27(32(19-25)51-20-33(44)45)35(47)40-28(17-18-42)37(49)50;1-2/h7-8,13-16,18-19,22,26,28-29H,2,5-6,9-12,17,20-21H2,1,3-4H3,(H,38,46)(H,39,48)(H,40,47)(H,44,45)(H,49,50);2H,1H3/b24-8+;. The van der Waals surface area contributed by atoms with E-state index in [1.807, 2.05) is 13.8 Å². The van der Waals surface area contributed by atoms with Crippen LogP contribution in [0.1, 0.15) is 80.2 Å². The van der Waals surface area contributed by atoms with Crippen LogP contribution in [-0.2, 0) is 28.8 Å². The number of amides is 4. The minimum Gasteiger partial charge on any atom is -0.481 e. The number of aliphatic hydroxyl groups is 1. The zero-order chi connectivity index (χ0) is 41.5. The average Bonchev–Trinajstić information content (AvgIpc) is 3.68. The molecule has 3 atom stereocenters. The number of nitrogens with one attached hydrogen (secondary N) is 3.